The Balaban J connectivity index is 2.52. The maximum absolute atomic E-state index is 14.3. The predicted molar refractivity (Wildman–Crippen MR) is 82.7 cm³/mol. The molecule has 21 heavy (non-hydrogen) atoms. The summed E-state index contributed by atoms with van der Waals surface area (Å²) < 4.78 is 28.5. The van der Waals surface area contributed by atoms with Crippen LogP contribution >= 0.6 is 11.6 Å². The molecule has 0 aliphatic rings. The largest absolute Gasteiger partial charge is 0.306 e. The van der Waals surface area contributed by atoms with E-state index in [1.165, 1.54) is 12.1 Å². The van der Waals surface area contributed by atoms with Gasteiger partial charge in [-0.05, 0) is 32.0 Å². The van der Waals surface area contributed by atoms with Crippen LogP contribution in [0.3, 0.4) is 0 Å². The van der Waals surface area contributed by atoms with Gasteiger partial charge >= 0.3 is 0 Å². The van der Waals surface area contributed by atoms with Gasteiger partial charge in [0.15, 0.2) is 0 Å². The van der Waals surface area contributed by atoms with E-state index in [2.05, 4.69) is 5.32 Å². The van der Waals surface area contributed by atoms with Crippen LogP contribution in [0.4, 0.5) is 8.78 Å². The third-order valence-corrected chi connectivity index (χ3v) is 3.65. The van der Waals surface area contributed by atoms with E-state index in [-0.39, 0.29) is 10.8 Å². The highest BCUT2D eigenvalue weighted by Gasteiger charge is 2.21. The summed E-state index contributed by atoms with van der Waals surface area (Å²) in [6, 6.07) is 9.10. The number of benzene rings is 2. The molecule has 0 bridgehead atoms. The van der Waals surface area contributed by atoms with Gasteiger partial charge in [-0.3, -0.25) is 0 Å². The molecule has 0 amide bonds. The van der Waals surface area contributed by atoms with E-state index >= 15 is 0 Å². The molecular weight excluding hydrogens is 292 g/mol. The minimum absolute atomic E-state index is 0.0452. The Morgan fingerprint density at radius 3 is 2.62 bits per heavy atom. The van der Waals surface area contributed by atoms with E-state index in [0.717, 1.165) is 12.0 Å². The van der Waals surface area contributed by atoms with Crippen LogP contribution in [0.15, 0.2) is 36.4 Å². The van der Waals surface area contributed by atoms with Crippen LogP contribution in [0.2, 0.25) is 5.02 Å². The molecule has 0 radical (unpaired) electrons. The van der Waals surface area contributed by atoms with Crippen LogP contribution in [0, 0.1) is 18.6 Å². The van der Waals surface area contributed by atoms with Crippen LogP contribution in [0.25, 0.3) is 0 Å². The zero-order valence-corrected chi connectivity index (χ0v) is 12.8. The van der Waals surface area contributed by atoms with Gasteiger partial charge in [-0.25, -0.2) is 8.78 Å². The minimum Gasteiger partial charge on any atom is -0.306 e. The number of hydrogen-bond donors (Lipinski definition) is 1. The molecule has 2 aromatic carbocycles. The van der Waals surface area contributed by atoms with Gasteiger partial charge in [0.1, 0.15) is 11.6 Å². The standard InChI is InChI=1S/C17H18ClF2N/c1-3-9-21-17(12-5-4-6-14(18)16(12)20)13-10-11(2)7-8-15(13)19/h4-8,10,17,21H,3,9H2,1-2H3. The zero-order valence-electron chi connectivity index (χ0n) is 12.1. The van der Waals surface area contributed by atoms with Crippen LogP contribution < -0.4 is 5.32 Å². The van der Waals surface area contributed by atoms with E-state index in [4.69, 9.17) is 11.6 Å². The number of hydrogen-bond acceptors (Lipinski definition) is 1. The van der Waals surface area contributed by atoms with Crippen molar-refractivity contribution in [3.05, 3.63) is 69.7 Å². The normalized spacial score (nSPS) is 12.4. The van der Waals surface area contributed by atoms with Crippen LogP contribution in [-0.2, 0) is 0 Å². The van der Waals surface area contributed by atoms with Gasteiger partial charge in [-0.1, -0.05) is 48.4 Å². The lowest BCUT2D eigenvalue weighted by Crippen LogP contribution is -2.25. The van der Waals surface area contributed by atoms with E-state index in [0.29, 0.717) is 17.7 Å². The molecule has 1 unspecified atom stereocenters. The summed E-state index contributed by atoms with van der Waals surface area (Å²) in [5, 5.41) is 3.24. The second-order valence-electron chi connectivity index (χ2n) is 5.06. The van der Waals surface area contributed by atoms with Gasteiger partial charge in [-0.15, -0.1) is 0 Å². The molecule has 0 spiro atoms. The van der Waals surface area contributed by atoms with Crippen molar-refractivity contribution in [2.45, 2.75) is 26.3 Å². The smallest absolute Gasteiger partial charge is 0.146 e. The molecule has 0 saturated heterocycles. The van der Waals surface area contributed by atoms with Gasteiger partial charge in [0, 0.05) is 11.1 Å². The molecule has 0 aliphatic carbocycles. The third-order valence-electron chi connectivity index (χ3n) is 3.35. The summed E-state index contributed by atoms with van der Waals surface area (Å²) in [5.74, 6) is -0.859. The van der Waals surface area contributed by atoms with Gasteiger partial charge in [0.05, 0.1) is 11.1 Å². The molecule has 0 fully saturated rings. The molecule has 0 aromatic heterocycles. The third kappa shape index (κ3) is 3.60. The van der Waals surface area contributed by atoms with Crippen LogP contribution in [0.5, 0.6) is 0 Å². The first kappa shape index (κ1) is 15.9. The predicted octanol–water partition coefficient (Wildman–Crippen LogP) is 5.02. The zero-order chi connectivity index (χ0) is 15.4. The summed E-state index contributed by atoms with van der Waals surface area (Å²) in [5.41, 5.74) is 1.72. The van der Waals surface area contributed by atoms with Crippen molar-refractivity contribution < 1.29 is 8.78 Å². The first-order valence-electron chi connectivity index (χ1n) is 6.98. The Morgan fingerprint density at radius 1 is 1.14 bits per heavy atom. The molecule has 1 atom stereocenters. The van der Waals surface area contributed by atoms with Crippen molar-refractivity contribution in [3.8, 4) is 0 Å². The summed E-state index contributed by atoms with van der Waals surface area (Å²) in [6.45, 7) is 4.54. The fourth-order valence-electron chi connectivity index (χ4n) is 2.30. The lowest BCUT2D eigenvalue weighted by atomic mass is 9.96. The van der Waals surface area contributed by atoms with Gasteiger partial charge < -0.3 is 5.32 Å². The van der Waals surface area contributed by atoms with Crippen molar-refractivity contribution in [1.82, 2.24) is 5.32 Å². The maximum atomic E-state index is 14.3. The molecule has 112 valence electrons. The van der Waals surface area contributed by atoms with Gasteiger partial charge in [0.25, 0.3) is 0 Å². The number of rotatable bonds is 5. The Kier molecular flexibility index (Phi) is 5.32. The highest BCUT2D eigenvalue weighted by Crippen LogP contribution is 2.30. The first-order chi connectivity index (χ1) is 10.0. The average Bonchev–Trinajstić information content (AvgIpc) is 2.47. The maximum Gasteiger partial charge on any atom is 0.146 e. The molecule has 0 aliphatic heterocycles. The average molecular weight is 310 g/mol. The molecule has 2 rings (SSSR count). The van der Waals surface area contributed by atoms with E-state index in [1.54, 1.807) is 24.3 Å². The van der Waals surface area contributed by atoms with Crippen molar-refractivity contribution in [3.63, 3.8) is 0 Å². The lowest BCUT2D eigenvalue weighted by Gasteiger charge is -2.21. The lowest BCUT2D eigenvalue weighted by molar-refractivity contribution is 0.520. The summed E-state index contributed by atoms with van der Waals surface area (Å²) >= 11 is 5.85. The molecule has 0 saturated carbocycles. The molecule has 1 nitrogen and oxygen atoms in total. The molecular formula is C17H18ClF2N. The fraction of sp³-hybridized carbons (Fsp3) is 0.294. The monoisotopic (exact) mass is 309 g/mol. The Hall–Kier alpha value is -1.45. The first-order valence-corrected chi connectivity index (χ1v) is 7.35. The highest BCUT2D eigenvalue weighted by atomic mass is 35.5. The summed E-state index contributed by atoms with van der Waals surface area (Å²) in [4.78, 5) is 0. The Labute approximate surface area is 128 Å². The highest BCUT2D eigenvalue weighted by molar-refractivity contribution is 6.30. The number of aryl methyl sites for hydroxylation is 1. The quantitative estimate of drug-likeness (QED) is 0.818. The van der Waals surface area contributed by atoms with Gasteiger partial charge in [-0.2, -0.15) is 0 Å². The topological polar surface area (TPSA) is 12.0 Å². The van der Waals surface area contributed by atoms with Crippen LogP contribution in [-0.4, -0.2) is 6.54 Å². The SMILES string of the molecule is CCCNC(c1cc(C)ccc1F)c1cccc(Cl)c1F. The van der Waals surface area contributed by atoms with E-state index in [1.807, 2.05) is 13.8 Å². The summed E-state index contributed by atoms with van der Waals surface area (Å²) in [6.07, 6.45) is 0.867. The van der Waals surface area contributed by atoms with E-state index in [9.17, 15) is 8.78 Å². The van der Waals surface area contributed by atoms with Crippen LogP contribution in [0.1, 0.15) is 36.1 Å². The van der Waals surface area contributed by atoms with E-state index < -0.39 is 11.9 Å². The molecule has 1 N–H and O–H groups in total. The molecule has 2 aromatic rings. The second-order valence-corrected chi connectivity index (χ2v) is 5.46. The van der Waals surface area contributed by atoms with Crippen molar-refractivity contribution in [2.24, 2.45) is 0 Å². The second kappa shape index (κ2) is 7.01. The van der Waals surface area contributed by atoms with Crippen molar-refractivity contribution in [2.75, 3.05) is 6.54 Å². The Bertz CT molecular complexity index is 626. The minimum atomic E-state index is -0.552. The summed E-state index contributed by atoms with van der Waals surface area (Å²) in [7, 11) is 0. The van der Waals surface area contributed by atoms with Gasteiger partial charge in [0.2, 0.25) is 0 Å². The fourth-order valence-corrected chi connectivity index (χ4v) is 2.49. The number of halogens is 3. The van der Waals surface area contributed by atoms with Crippen molar-refractivity contribution in [1.29, 1.82) is 0 Å². The molecule has 0 heterocycles. The number of nitrogens with one attached hydrogen (secondary N) is 1. The molecule has 4 heteroatoms. The Morgan fingerprint density at radius 2 is 1.90 bits per heavy atom. The van der Waals surface area contributed by atoms with Crippen molar-refractivity contribution >= 4 is 11.6 Å².